The van der Waals surface area contributed by atoms with Gasteiger partial charge in [0.25, 0.3) is 6.43 Å². The summed E-state index contributed by atoms with van der Waals surface area (Å²) in [4.78, 5) is 3.46. The topological polar surface area (TPSA) is 33.1 Å². The number of aromatic nitrogens is 1. The summed E-state index contributed by atoms with van der Waals surface area (Å²) in [6.45, 7) is 0. The zero-order valence-corrected chi connectivity index (χ0v) is 7.90. The van der Waals surface area contributed by atoms with Crippen molar-refractivity contribution in [2.24, 2.45) is 0 Å². The highest BCUT2D eigenvalue weighted by Gasteiger charge is 2.19. The van der Waals surface area contributed by atoms with Gasteiger partial charge in [-0.3, -0.25) is 0 Å². The van der Waals surface area contributed by atoms with Crippen LogP contribution in [0.3, 0.4) is 0 Å². The van der Waals surface area contributed by atoms with E-state index in [1.165, 1.54) is 0 Å². The summed E-state index contributed by atoms with van der Waals surface area (Å²) in [5.41, 5.74) is -0.532. The Hall–Kier alpha value is -0.420. The average Bonchev–Trinajstić information content (AvgIpc) is 1.97. The van der Waals surface area contributed by atoms with Crippen LogP contribution in [0.5, 0.6) is 5.75 Å². The Balaban J connectivity index is 3.33. The van der Waals surface area contributed by atoms with Crippen molar-refractivity contribution in [1.29, 1.82) is 0 Å². The van der Waals surface area contributed by atoms with Crippen molar-refractivity contribution in [2.75, 3.05) is 0 Å². The number of halogens is 4. The van der Waals surface area contributed by atoms with Gasteiger partial charge < -0.3 is 5.11 Å². The molecule has 0 bridgehead atoms. The van der Waals surface area contributed by atoms with Gasteiger partial charge in [-0.25, -0.2) is 13.8 Å². The van der Waals surface area contributed by atoms with E-state index in [4.69, 9.17) is 16.7 Å². The van der Waals surface area contributed by atoms with Gasteiger partial charge in [0, 0.05) is 10.7 Å². The Morgan fingerprint density at radius 1 is 1.58 bits per heavy atom. The monoisotopic (exact) mass is 257 g/mol. The molecule has 1 rings (SSSR count). The maximum atomic E-state index is 12.2. The van der Waals surface area contributed by atoms with Crippen LogP contribution in [0.4, 0.5) is 8.78 Å². The number of alkyl halides is 2. The van der Waals surface area contributed by atoms with Crippen LogP contribution < -0.4 is 0 Å². The van der Waals surface area contributed by atoms with Crippen molar-refractivity contribution >= 4 is 27.5 Å². The summed E-state index contributed by atoms with van der Waals surface area (Å²) in [7, 11) is 0. The second kappa shape index (κ2) is 3.53. The summed E-state index contributed by atoms with van der Waals surface area (Å²) < 4.78 is 24.4. The maximum absolute atomic E-state index is 12.2. The minimum Gasteiger partial charge on any atom is -0.504 e. The molecular weight excluding hydrogens is 255 g/mol. The van der Waals surface area contributed by atoms with Gasteiger partial charge in [-0.15, -0.1) is 0 Å². The molecule has 1 aromatic rings. The predicted octanol–water partition coefficient (Wildman–Crippen LogP) is 3.14. The molecule has 0 radical (unpaired) electrons. The number of hydrogen-bond acceptors (Lipinski definition) is 2. The van der Waals surface area contributed by atoms with Gasteiger partial charge in [0.1, 0.15) is 0 Å². The number of pyridine rings is 1. The summed E-state index contributed by atoms with van der Waals surface area (Å²) in [5.74, 6) is -0.680. The molecule has 0 fully saturated rings. The third-order valence-electron chi connectivity index (χ3n) is 1.22. The van der Waals surface area contributed by atoms with Crippen LogP contribution in [-0.2, 0) is 0 Å². The molecular formula is C6H3BrClF2NO. The van der Waals surface area contributed by atoms with Crippen LogP contribution in [0.25, 0.3) is 0 Å². The van der Waals surface area contributed by atoms with Crippen molar-refractivity contribution in [1.82, 2.24) is 4.98 Å². The maximum Gasteiger partial charge on any atom is 0.268 e. The average molecular weight is 258 g/mol. The molecule has 1 heterocycles. The first-order chi connectivity index (χ1) is 5.54. The van der Waals surface area contributed by atoms with Crippen LogP contribution in [-0.4, -0.2) is 10.1 Å². The highest BCUT2D eigenvalue weighted by molar-refractivity contribution is 9.10. The standard InChI is InChI=1S/C6H3BrClF2NO/c7-2-1-11-5(8)4(12)3(2)6(9)10/h1,6,12H. The molecule has 0 saturated carbocycles. The van der Waals surface area contributed by atoms with E-state index in [0.717, 1.165) is 6.20 Å². The Kier molecular flexibility index (Phi) is 2.85. The highest BCUT2D eigenvalue weighted by Crippen LogP contribution is 2.37. The number of hydrogen-bond donors (Lipinski definition) is 1. The van der Waals surface area contributed by atoms with E-state index in [2.05, 4.69) is 20.9 Å². The zero-order valence-electron chi connectivity index (χ0n) is 5.56. The zero-order chi connectivity index (χ0) is 9.30. The second-order valence-electron chi connectivity index (χ2n) is 1.96. The van der Waals surface area contributed by atoms with Gasteiger partial charge >= 0.3 is 0 Å². The Bertz CT molecular complexity index is 308. The molecule has 0 aliphatic rings. The van der Waals surface area contributed by atoms with E-state index in [0.29, 0.717) is 0 Å². The van der Waals surface area contributed by atoms with Crippen LogP contribution in [0.15, 0.2) is 10.7 Å². The third-order valence-corrected chi connectivity index (χ3v) is 2.13. The lowest BCUT2D eigenvalue weighted by atomic mass is 10.2. The number of aromatic hydroxyl groups is 1. The Labute approximate surface area is 80.3 Å². The van der Waals surface area contributed by atoms with Crippen LogP contribution >= 0.6 is 27.5 Å². The molecule has 6 heteroatoms. The summed E-state index contributed by atoms with van der Waals surface area (Å²) in [6.07, 6.45) is -1.66. The lowest BCUT2D eigenvalue weighted by Gasteiger charge is -2.05. The molecule has 0 amide bonds. The molecule has 0 saturated heterocycles. The highest BCUT2D eigenvalue weighted by atomic mass is 79.9. The molecule has 12 heavy (non-hydrogen) atoms. The molecule has 0 aliphatic carbocycles. The van der Waals surface area contributed by atoms with Crippen LogP contribution in [0.1, 0.15) is 12.0 Å². The molecule has 0 unspecified atom stereocenters. The predicted molar refractivity (Wildman–Crippen MR) is 43.6 cm³/mol. The number of rotatable bonds is 1. The van der Waals surface area contributed by atoms with Gasteiger partial charge in [0.15, 0.2) is 10.9 Å². The largest absolute Gasteiger partial charge is 0.504 e. The number of nitrogens with zero attached hydrogens (tertiary/aromatic N) is 1. The fraction of sp³-hybridized carbons (Fsp3) is 0.167. The van der Waals surface area contributed by atoms with Crippen molar-refractivity contribution in [3.8, 4) is 5.75 Å². The van der Waals surface area contributed by atoms with E-state index < -0.39 is 17.7 Å². The molecule has 1 aromatic heterocycles. The Morgan fingerprint density at radius 2 is 2.17 bits per heavy atom. The molecule has 0 aliphatic heterocycles. The van der Waals surface area contributed by atoms with Gasteiger partial charge in [-0.1, -0.05) is 11.6 Å². The fourth-order valence-electron chi connectivity index (χ4n) is 0.676. The molecule has 66 valence electrons. The van der Waals surface area contributed by atoms with Crippen molar-refractivity contribution in [3.05, 3.63) is 21.4 Å². The van der Waals surface area contributed by atoms with E-state index in [1.54, 1.807) is 0 Å². The summed E-state index contributed by atoms with van der Waals surface area (Å²) in [6, 6.07) is 0. The van der Waals surface area contributed by atoms with Gasteiger partial charge in [0.2, 0.25) is 0 Å². The summed E-state index contributed by atoms with van der Waals surface area (Å²) >= 11 is 8.14. The SMILES string of the molecule is Oc1c(Cl)ncc(Br)c1C(F)F. The normalized spacial score (nSPS) is 10.8. The lowest BCUT2D eigenvalue weighted by Crippen LogP contribution is -1.90. The minimum atomic E-state index is -2.78. The van der Waals surface area contributed by atoms with Crippen molar-refractivity contribution < 1.29 is 13.9 Å². The fourth-order valence-corrected chi connectivity index (χ4v) is 1.29. The first kappa shape index (κ1) is 9.67. The van der Waals surface area contributed by atoms with E-state index >= 15 is 0 Å². The molecule has 1 N–H and O–H groups in total. The molecule has 0 atom stereocenters. The summed E-state index contributed by atoms with van der Waals surface area (Å²) in [5, 5.41) is 8.72. The lowest BCUT2D eigenvalue weighted by molar-refractivity contribution is 0.146. The van der Waals surface area contributed by atoms with E-state index in [9.17, 15) is 8.78 Å². The van der Waals surface area contributed by atoms with E-state index in [1.807, 2.05) is 0 Å². The van der Waals surface area contributed by atoms with Gasteiger partial charge in [-0.2, -0.15) is 0 Å². The molecule has 0 spiro atoms. The smallest absolute Gasteiger partial charge is 0.268 e. The van der Waals surface area contributed by atoms with Crippen molar-refractivity contribution in [3.63, 3.8) is 0 Å². The second-order valence-corrected chi connectivity index (χ2v) is 3.17. The minimum absolute atomic E-state index is 0.0411. The third kappa shape index (κ3) is 1.67. The van der Waals surface area contributed by atoms with Gasteiger partial charge in [0.05, 0.1) is 5.56 Å². The molecule has 2 nitrogen and oxygen atoms in total. The van der Waals surface area contributed by atoms with Crippen LogP contribution in [0.2, 0.25) is 5.15 Å². The van der Waals surface area contributed by atoms with Crippen molar-refractivity contribution in [2.45, 2.75) is 6.43 Å². The van der Waals surface area contributed by atoms with Gasteiger partial charge in [-0.05, 0) is 15.9 Å². The first-order valence-electron chi connectivity index (χ1n) is 2.85. The first-order valence-corrected chi connectivity index (χ1v) is 4.02. The molecule has 0 aromatic carbocycles. The van der Waals surface area contributed by atoms with E-state index in [-0.39, 0.29) is 9.63 Å². The quantitative estimate of drug-likeness (QED) is 0.785. The Morgan fingerprint density at radius 3 is 2.58 bits per heavy atom. The van der Waals surface area contributed by atoms with Crippen LogP contribution in [0, 0.1) is 0 Å².